The lowest BCUT2D eigenvalue weighted by molar-refractivity contribution is 0.733. The minimum absolute atomic E-state index is 0.480. The topological polar surface area (TPSA) is 43.8 Å². The Morgan fingerprint density at radius 1 is 1.33 bits per heavy atom. The maximum absolute atomic E-state index is 6.27. The van der Waals surface area contributed by atoms with Crippen molar-refractivity contribution in [1.82, 2.24) is 9.55 Å². The summed E-state index contributed by atoms with van der Waals surface area (Å²) in [6, 6.07) is 8.66. The van der Waals surface area contributed by atoms with E-state index < -0.39 is 0 Å². The van der Waals surface area contributed by atoms with Crippen LogP contribution >= 0.6 is 0 Å². The van der Waals surface area contributed by atoms with Crippen LogP contribution in [-0.4, -0.2) is 9.55 Å². The quantitative estimate of drug-likeness (QED) is 0.850. The minimum atomic E-state index is 0.480. The zero-order chi connectivity index (χ0) is 14.8. The first-order chi connectivity index (χ1) is 10.2. The lowest BCUT2D eigenvalue weighted by atomic mass is 10.1. The van der Waals surface area contributed by atoms with Crippen molar-refractivity contribution in [2.75, 3.05) is 5.73 Å². The molecule has 1 saturated carbocycles. The smallest absolute Gasteiger partial charge is 0.132 e. The highest BCUT2D eigenvalue weighted by Crippen LogP contribution is 2.40. The van der Waals surface area contributed by atoms with E-state index in [4.69, 9.17) is 17.1 Å². The molecule has 0 unspecified atom stereocenters. The number of benzene rings is 1. The number of rotatable bonds is 5. The molecule has 1 aliphatic rings. The van der Waals surface area contributed by atoms with E-state index in [1.54, 1.807) is 0 Å². The van der Waals surface area contributed by atoms with Crippen LogP contribution in [0.3, 0.4) is 0 Å². The van der Waals surface area contributed by atoms with E-state index in [0.717, 1.165) is 35.8 Å². The second kappa shape index (κ2) is 5.65. The van der Waals surface area contributed by atoms with Crippen LogP contribution in [0, 0.1) is 12.3 Å². The van der Waals surface area contributed by atoms with Crippen LogP contribution in [-0.2, 0) is 13.0 Å². The fourth-order valence-corrected chi connectivity index (χ4v) is 2.74. The summed E-state index contributed by atoms with van der Waals surface area (Å²) in [5, 5.41) is 0. The summed E-state index contributed by atoms with van der Waals surface area (Å²) < 4.78 is 1.95. The van der Waals surface area contributed by atoms with Crippen LogP contribution in [0.2, 0.25) is 0 Å². The molecule has 0 radical (unpaired) electrons. The molecule has 0 bridgehead atoms. The minimum Gasteiger partial charge on any atom is -0.383 e. The standard InChI is InChI=1S/C18H21N3/c1-3-5-16-20-17(18(19)21(16)12-4-2)15-10-8-14(9-11-15)13-6-7-13/h2,8-11,13H,3,5-7,12,19H2,1H3. The Kier molecular flexibility index (Phi) is 3.70. The van der Waals surface area contributed by atoms with Gasteiger partial charge in [-0.05, 0) is 30.7 Å². The first-order valence-electron chi connectivity index (χ1n) is 7.63. The van der Waals surface area contributed by atoms with Gasteiger partial charge in [-0.25, -0.2) is 4.98 Å². The third-order valence-electron chi connectivity index (χ3n) is 4.04. The Hall–Kier alpha value is -2.21. The van der Waals surface area contributed by atoms with Crippen molar-refractivity contribution in [2.24, 2.45) is 0 Å². The number of terminal acetylenes is 1. The molecular formula is C18H21N3. The predicted octanol–water partition coefficient (Wildman–Crippen LogP) is 3.60. The third-order valence-corrected chi connectivity index (χ3v) is 4.04. The first kappa shape index (κ1) is 13.8. The van der Waals surface area contributed by atoms with Gasteiger partial charge in [0.25, 0.3) is 0 Å². The summed E-state index contributed by atoms with van der Waals surface area (Å²) in [5.41, 5.74) is 9.62. The zero-order valence-electron chi connectivity index (χ0n) is 12.5. The van der Waals surface area contributed by atoms with Crippen LogP contribution in [0.5, 0.6) is 0 Å². The molecule has 2 N–H and O–H groups in total. The van der Waals surface area contributed by atoms with Crippen molar-refractivity contribution >= 4 is 5.82 Å². The third kappa shape index (κ3) is 2.67. The second-order valence-electron chi connectivity index (χ2n) is 5.70. The van der Waals surface area contributed by atoms with Gasteiger partial charge in [0.2, 0.25) is 0 Å². The molecule has 21 heavy (non-hydrogen) atoms. The summed E-state index contributed by atoms with van der Waals surface area (Å²) in [5.74, 6) is 5.09. The highest BCUT2D eigenvalue weighted by molar-refractivity contribution is 5.71. The monoisotopic (exact) mass is 279 g/mol. The summed E-state index contributed by atoms with van der Waals surface area (Å²) >= 11 is 0. The lowest BCUT2D eigenvalue weighted by Crippen LogP contribution is -2.06. The van der Waals surface area contributed by atoms with Crippen molar-refractivity contribution < 1.29 is 0 Å². The van der Waals surface area contributed by atoms with Gasteiger partial charge in [-0.15, -0.1) is 6.42 Å². The van der Waals surface area contributed by atoms with Crippen LogP contribution in [0.25, 0.3) is 11.3 Å². The van der Waals surface area contributed by atoms with Crippen molar-refractivity contribution in [3.63, 3.8) is 0 Å². The predicted molar refractivity (Wildman–Crippen MR) is 86.9 cm³/mol. The van der Waals surface area contributed by atoms with Gasteiger partial charge in [-0.1, -0.05) is 37.1 Å². The molecule has 1 fully saturated rings. The number of imidazole rings is 1. The molecule has 1 aromatic heterocycles. The van der Waals surface area contributed by atoms with Gasteiger partial charge in [-0.3, -0.25) is 0 Å². The van der Waals surface area contributed by atoms with Crippen LogP contribution in [0.1, 0.15) is 43.5 Å². The number of hydrogen-bond acceptors (Lipinski definition) is 2. The molecule has 0 amide bonds. The Morgan fingerprint density at radius 2 is 2.05 bits per heavy atom. The number of nitrogens with two attached hydrogens (primary N) is 1. The van der Waals surface area contributed by atoms with E-state index in [1.165, 1.54) is 18.4 Å². The van der Waals surface area contributed by atoms with Gasteiger partial charge in [-0.2, -0.15) is 0 Å². The lowest BCUT2D eigenvalue weighted by Gasteiger charge is -2.05. The van der Waals surface area contributed by atoms with E-state index in [2.05, 4.69) is 37.1 Å². The molecular weight excluding hydrogens is 258 g/mol. The largest absolute Gasteiger partial charge is 0.383 e. The number of anilines is 1. The van der Waals surface area contributed by atoms with Crippen molar-refractivity contribution in [2.45, 2.75) is 45.1 Å². The normalized spacial score (nSPS) is 14.1. The van der Waals surface area contributed by atoms with E-state index in [0.29, 0.717) is 12.4 Å². The fourth-order valence-electron chi connectivity index (χ4n) is 2.74. The van der Waals surface area contributed by atoms with Crippen LogP contribution < -0.4 is 5.73 Å². The Labute approximate surface area is 126 Å². The SMILES string of the molecule is C#CCn1c(CCC)nc(-c2ccc(C3CC3)cc2)c1N. The van der Waals surface area contributed by atoms with Gasteiger partial charge in [0.05, 0.1) is 6.54 Å². The number of aromatic nitrogens is 2. The molecule has 1 aromatic carbocycles. The van der Waals surface area contributed by atoms with Gasteiger partial charge in [0, 0.05) is 12.0 Å². The Balaban J connectivity index is 1.96. The number of nitrogens with zero attached hydrogens (tertiary/aromatic N) is 2. The highest BCUT2D eigenvalue weighted by atomic mass is 15.1. The number of hydrogen-bond donors (Lipinski definition) is 1. The average molecular weight is 279 g/mol. The van der Waals surface area contributed by atoms with E-state index in [1.807, 2.05) is 4.57 Å². The molecule has 1 heterocycles. The van der Waals surface area contributed by atoms with Gasteiger partial charge >= 0.3 is 0 Å². The maximum atomic E-state index is 6.27. The Bertz CT molecular complexity index is 670. The molecule has 0 saturated heterocycles. The van der Waals surface area contributed by atoms with Gasteiger partial charge in [0.15, 0.2) is 0 Å². The van der Waals surface area contributed by atoms with E-state index in [-0.39, 0.29) is 0 Å². The first-order valence-corrected chi connectivity index (χ1v) is 7.63. The summed E-state index contributed by atoms with van der Waals surface area (Å²) in [7, 11) is 0. The molecule has 1 aliphatic carbocycles. The van der Waals surface area contributed by atoms with E-state index >= 15 is 0 Å². The molecule has 0 atom stereocenters. The molecule has 3 rings (SSSR count). The zero-order valence-corrected chi connectivity index (χ0v) is 12.5. The summed E-state index contributed by atoms with van der Waals surface area (Å²) in [4.78, 5) is 4.72. The van der Waals surface area contributed by atoms with Crippen molar-refractivity contribution in [3.8, 4) is 23.6 Å². The Morgan fingerprint density at radius 3 is 2.62 bits per heavy atom. The maximum Gasteiger partial charge on any atom is 0.132 e. The highest BCUT2D eigenvalue weighted by Gasteiger charge is 2.23. The summed E-state index contributed by atoms with van der Waals surface area (Å²) in [6.07, 6.45) is 10.0. The van der Waals surface area contributed by atoms with Crippen LogP contribution in [0.4, 0.5) is 5.82 Å². The van der Waals surface area contributed by atoms with Crippen molar-refractivity contribution in [1.29, 1.82) is 0 Å². The molecule has 0 spiro atoms. The number of aryl methyl sites for hydroxylation is 1. The number of nitrogen functional groups attached to an aromatic ring is 1. The second-order valence-corrected chi connectivity index (χ2v) is 5.70. The molecule has 0 aliphatic heterocycles. The van der Waals surface area contributed by atoms with E-state index in [9.17, 15) is 0 Å². The molecule has 108 valence electrons. The molecule has 3 nitrogen and oxygen atoms in total. The molecule has 2 aromatic rings. The van der Waals surface area contributed by atoms with Gasteiger partial charge < -0.3 is 10.3 Å². The van der Waals surface area contributed by atoms with Crippen LogP contribution in [0.15, 0.2) is 24.3 Å². The van der Waals surface area contributed by atoms with Gasteiger partial charge in [0.1, 0.15) is 17.3 Å². The van der Waals surface area contributed by atoms with Crippen molar-refractivity contribution in [3.05, 3.63) is 35.7 Å². The molecule has 3 heteroatoms. The average Bonchev–Trinajstić information content (AvgIpc) is 3.30. The summed E-state index contributed by atoms with van der Waals surface area (Å²) in [6.45, 7) is 2.61. The fraction of sp³-hybridized carbons (Fsp3) is 0.389.